The Morgan fingerprint density at radius 2 is 2.41 bits per heavy atom. The Morgan fingerprint density at radius 1 is 1.59 bits per heavy atom. The Morgan fingerprint density at radius 3 is 3.00 bits per heavy atom. The number of hydrogen-bond donors (Lipinski definition) is 2. The van der Waals surface area contributed by atoms with Crippen LogP contribution in [0.2, 0.25) is 0 Å². The number of methoxy groups -OCH3 is 1. The molecular formula is C12H15NO4. The van der Waals surface area contributed by atoms with Crippen molar-refractivity contribution in [2.45, 2.75) is 6.10 Å². The molecule has 92 valence electrons. The predicted molar refractivity (Wildman–Crippen MR) is 61.5 cm³/mol. The lowest BCUT2D eigenvalue weighted by Gasteiger charge is -2.25. The largest absolute Gasteiger partial charge is 0.495 e. The fraction of sp³-hybridized carbons (Fsp3) is 0.417. The molecule has 17 heavy (non-hydrogen) atoms. The molecule has 0 aliphatic carbocycles. The van der Waals surface area contributed by atoms with E-state index in [9.17, 15) is 4.79 Å². The normalized spacial score (nSPS) is 19.9. The van der Waals surface area contributed by atoms with E-state index in [4.69, 9.17) is 14.6 Å². The van der Waals surface area contributed by atoms with Crippen LogP contribution in [0.3, 0.4) is 0 Å². The lowest BCUT2D eigenvalue weighted by molar-refractivity contribution is 0.0261. The number of carbonyl (C=O) groups is 1. The molecule has 0 amide bonds. The van der Waals surface area contributed by atoms with E-state index in [1.807, 2.05) is 6.07 Å². The molecule has 1 aromatic carbocycles. The third kappa shape index (κ3) is 2.40. The minimum absolute atomic E-state index is 0.155. The molecule has 1 saturated heterocycles. The van der Waals surface area contributed by atoms with Crippen molar-refractivity contribution in [3.63, 3.8) is 0 Å². The van der Waals surface area contributed by atoms with Crippen molar-refractivity contribution in [2.75, 3.05) is 26.8 Å². The first kappa shape index (κ1) is 11.9. The molecule has 5 nitrogen and oxygen atoms in total. The fourth-order valence-corrected chi connectivity index (χ4v) is 1.97. The summed E-state index contributed by atoms with van der Waals surface area (Å²) >= 11 is 0. The summed E-state index contributed by atoms with van der Waals surface area (Å²) < 4.78 is 10.8. The topological polar surface area (TPSA) is 67.8 Å². The number of morpholine rings is 1. The number of rotatable bonds is 3. The first-order valence-electron chi connectivity index (χ1n) is 5.46. The van der Waals surface area contributed by atoms with Crippen LogP contribution in [0.4, 0.5) is 0 Å². The number of benzene rings is 1. The monoisotopic (exact) mass is 237 g/mol. The molecule has 2 rings (SSSR count). The average Bonchev–Trinajstić information content (AvgIpc) is 2.38. The first-order chi connectivity index (χ1) is 8.24. The summed E-state index contributed by atoms with van der Waals surface area (Å²) in [4.78, 5) is 11.1. The van der Waals surface area contributed by atoms with Crippen LogP contribution in [0.1, 0.15) is 22.0 Å². The molecule has 1 aliphatic heterocycles. The number of carboxylic acid groups (broad SMARTS) is 1. The Labute approximate surface area is 99.3 Å². The Bertz CT molecular complexity index is 413. The van der Waals surface area contributed by atoms with E-state index in [0.29, 0.717) is 18.9 Å². The van der Waals surface area contributed by atoms with Crippen molar-refractivity contribution in [1.29, 1.82) is 0 Å². The lowest BCUT2D eigenvalue weighted by atomic mass is 10.0. The maximum atomic E-state index is 11.1. The number of nitrogens with one attached hydrogen (secondary N) is 1. The highest BCUT2D eigenvalue weighted by molar-refractivity contribution is 5.91. The van der Waals surface area contributed by atoms with Gasteiger partial charge >= 0.3 is 5.97 Å². The summed E-state index contributed by atoms with van der Waals surface area (Å²) in [5.41, 5.74) is 0.943. The quantitative estimate of drug-likeness (QED) is 0.822. The molecule has 0 aromatic heterocycles. The summed E-state index contributed by atoms with van der Waals surface area (Å²) in [6.45, 7) is 2.10. The summed E-state index contributed by atoms with van der Waals surface area (Å²) in [6, 6.07) is 5.07. The zero-order valence-corrected chi connectivity index (χ0v) is 9.60. The van der Waals surface area contributed by atoms with Gasteiger partial charge in [-0.3, -0.25) is 0 Å². The van der Waals surface area contributed by atoms with E-state index in [1.54, 1.807) is 6.07 Å². The van der Waals surface area contributed by atoms with Crippen LogP contribution in [0.15, 0.2) is 18.2 Å². The van der Waals surface area contributed by atoms with E-state index >= 15 is 0 Å². The van der Waals surface area contributed by atoms with Gasteiger partial charge in [0, 0.05) is 18.7 Å². The van der Waals surface area contributed by atoms with Crippen molar-refractivity contribution in [3.05, 3.63) is 29.3 Å². The molecule has 5 heteroatoms. The molecule has 1 atom stereocenters. The predicted octanol–water partition coefficient (Wildman–Crippen LogP) is 1.05. The van der Waals surface area contributed by atoms with Crippen molar-refractivity contribution >= 4 is 5.97 Å². The van der Waals surface area contributed by atoms with E-state index in [-0.39, 0.29) is 11.7 Å². The van der Waals surface area contributed by atoms with Crippen LogP contribution in [-0.2, 0) is 4.74 Å². The van der Waals surface area contributed by atoms with Gasteiger partial charge in [-0.2, -0.15) is 0 Å². The average molecular weight is 237 g/mol. The minimum atomic E-state index is -0.993. The van der Waals surface area contributed by atoms with Crippen LogP contribution >= 0.6 is 0 Å². The third-order valence-electron chi connectivity index (χ3n) is 2.75. The zero-order valence-electron chi connectivity index (χ0n) is 9.60. The molecule has 1 aliphatic rings. The van der Waals surface area contributed by atoms with Gasteiger partial charge in [-0.05, 0) is 6.07 Å². The van der Waals surface area contributed by atoms with Crippen LogP contribution in [0.25, 0.3) is 0 Å². The molecule has 2 N–H and O–H groups in total. The Hall–Kier alpha value is -1.59. The van der Waals surface area contributed by atoms with E-state index < -0.39 is 5.97 Å². The molecule has 1 unspecified atom stereocenters. The number of para-hydroxylation sites is 1. The van der Waals surface area contributed by atoms with Crippen molar-refractivity contribution < 1.29 is 19.4 Å². The molecule has 1 aromatic rings. The van der Waals surface area contributed by atoms with Crippen molar-refractivity contribution in [2.24, 2.45) is 0 Å². The van der Waals surface area contributed by atoms with Gasteiger partial charge in [-0.1, -0.05) is 12.1 Å². The molecule has 0 bridgehead atoms. The maximum absolute atomic E-state index is 11.1. The van der Waals surface area contributed by atoms with Crippen molar-refractivity contribution in [3.8, 4) is 5.75 Å². The van der Waals surface area contributed by atoms with Gasteiger partial charge in [0.15, 0.2) is 0 Å². The van der Waals surface area contributed by atoms with Gasteiger partial charge in [0.05, 0.1) is 19.8 Å². The highest BCUT2D eigenvalue weighted by Gasteiger charge is 2.23. The summed E-state index contributed by atoms with van der Waals surface area (Å²) in [5.74, 6) is -0.610. The number of aromatic carboxylic acids is 1. The Kier molecular flexibility index (Phi) is 3.61. The van der Waals surface area contributed by atoms with Gasteiger partial charge in [0.2, 0.25) is 0 Å². The van der Waals surface area contributed by atoms with Gasteiger partial charge in [-0.15, -0.1) is 0 Å². The lowest BCUT2D eigenvalue weighted by Crippen LogP contribution is -2.33. The van der Waals surface area contributed by atoms with E-state index in [2.05, 4.69) is 5.32 Å². The molecule has 1 heterocycles. The second-order valence-corrected chi connectivity index (χ2v) is 3.80. The van der Waals surface area contributed by atoms with Crippen LogP contribution < -0.4 is 10.1 Å². The van der Waals surface area contributed by atoms with Gasteiger partial charge in [-0.25, -0.2) is 4.79 Å². The SMILES string of the molecule is COc1c(C(=O)O)cccc1C1CNCCO1. The van der Waals surface area contributed by atoms with Gasteiger partial charge in [0.1, 0.15) is 11.3 Å². The second kappa shape index (κ2) is 5.16. The second-order valence-electron chi connectivity index (χ2n) is 3.80. The summed E-state index contributed by atoms with van der Waals surface area (Å²) in [6.07, 6.45) is -0.155. The summed E-state index contributed by atoms with van der Waals surface area (Å²) in [7, 11) is 1.47. The smallest absolute Gasteiger partial charge is 0.339 e. The van der Waals surface area contributed by atoms with E-state index in [1.165, 1.54) is 13.2 Å². The van der Waals surface area contributed by atoms with Crippen LogP contribution in [0, 0.1) is 0 Å². The highest BCUT2D eigenvalue weighted by Crippen LogP contribution is 2.31. The summed E-state index contributed by atoms with van der Waals surface area (Å²) in [5, 5.41) is 12.3. The van der Waals surface area contributed by atoms with Gasteiger partial charge in [0.25, 0.3) is 0 Å². The molecule has 0 saturated carbocycles. The molecule has 0 radical (unpaired) electrons. The number of ether oxygens (including phenoxy) is 2. The molecule has 1 fully saturated rings. The Balaban J connectivity index is 2.38. The molecular weight excluding hydrogens is 222 g/mol. The van der Waals surface area contributed by atoms with Gasteiger partial charge < -0.3 is 19.9 Å². The molecule has 0 spiro atoms. The maximum Gasteiger partial charge on any atom is 0.339 e. The van der Waals surface area contributed by atoms with Crippen LogP contribution in [0.5, 0.6) is 5.75 Å². The third-order valence-corrected chi connectivity index (χ3v) is 2.75. The minimum Gasteiger partial charge on any atom is -0.495 e. The zero-order chi connectivity index (χ0) is 12.3. The van der Waals surface area contributed by atoms with Crippen LogP contribution in [-0.4, -0.2) is 37.9 Å². The fourth-order valence-electron chi connectivity index (χ4n) is 1.97. The number of hydrogen-bond acceptors (Lipinski definition) is 4. The highest BCUT2D eigenvalue weighted by atomic mass is 16.5. The van der Waals surface area contributed by atoms with Crippen molar-refractivity contribution in [1.82, 2.24) is 5.32 Å². The first-order valence-corrected chi connectivity index (χ1v) is 5.46. The standard InChI is InChI=1S/C12H15NO4/c1-16-11-8(10-7-13-5-6-17-10)3-2-4-9(11)12(14)15/h2-4,10,13H,5-7H2,1H3,(H,14,15). The number of carboxylic acids is 1. The van der Waals surface area contributed by atoms with E-state index in [0.717, 1.165) is 12.1 Å².